The molecular weight excluding hydrogens is 282 g/mol. The molecule has 19 heavy (non-hydrogen) atoms. The Morgan fingerprint density at radius 2 is 2.00 bits per heavy atom. The van der Waals surface area contributed by atoms with E-state index in [1.54, 1.807) is 41.1 Å². The third-order valence-electron chi connectivity index (χ3n) is 1.96. The number of aromatic nitrogens is 3. The topological polar surface area (TPSA) is 68.0 Å². The molecule has 100 valence electrons. The number of hydrogen-bond donors (Lipinski definition) is 3. The average molecular weight is 295 g/mol. The number of hydrogen-bond acceptors (Lipinski definition) is 5. The van der Waals surface area contributed by atoms with E-state index in [4.69, 9.17) is 5.11 Å². The average Bonchev–Trinajstić information content (AvgIpc) is 2.70. The van der Waals surface area contributed by atoms with Gasteiger partial charge in [-0.2, -0.15) is 4.98 Å². The van der Waals surface area contributed by atoms with Gasteiger partial charge >= 0.3 is 5.97 Å². The maximum atomic E-state index is 10.2. The first-order valence-electron chi connectivity index (χ1n) is 5.26. The summed E-state index contributed by atoms with van der Waals surface area (Å²) in [5, 5.41) is 13.3. The van der Waals surface area contributed by atoms with Crippen molar-refractivity contribution in [3.05, 3.63) is 48.6 Å². The molecular formula is C12H13N3O2S2. The minimum absolute atomic E-state index is 0.331. The highest BCUT2D eigenvalue weighted by Gasteiger charge is 1.99. The Morgan fingerprint density at radius 1 is 1.37 bits per heavy atom. The van der Waals surface area contributed by atoms with Gasteiger partial charge in [0.05, 0.1) is 12.1 Å². The fourth-order valence-corrected chi connectivity index (χ4v) is 1.65. The van der Waals surface area contributed by atoms with Crippen LogP contribution in [0.15, 0.2) is 53.3 Å². The van der Waals surface area contributed by atoms with Crippen molar-refractivity contribution in [3.8, 4) is 0 Å². The van der Waals surface area contributed by atoms with Crippen LogP contribution in [0.25, 0.3) is 0 Å². The van der Waals surface area contributed by atoms with Gasteiger partial charge in [0.15, 0.2) is 5.16 Å². The number of carboxylic acid groups (broad SMARTS) is 1. The lowest BCUT2D eigenvalue weighted by Crippen LogP contribution is -1.97. The highest BCUT2D eigenvalue weighted by atomic mass is 32.1. The van der Waals surface area contributed by atoms with Crippen LogP contribution in [0.3, 0.4) is 0 Å². The van der Waals surface area contributed by atoms with E-state index in [1.165, 1.54) is 0 Å². The number of carbonyl (C=O) groups is 1. The summed E-state index contributed by atoms with van der Waals surface area (Å²) in [6.07, 6.45) is 1.72. The maximum absolute atomic E-state index is 10.2. The fourth-order valence-electron chi connectivity index (χ4n) is 1.15. The summed E-state index contributed by atoms with van der Waals surface area (Å²) in [6, 6.07) is 8.30. The van der Waals surface area contributed by atoms with E-state index in [2.05, 4.69) is 41.9 Å². The predicted molar refractivity (Wildman–Crippen MR) is 78.1 cm³/mol. The summed E-state index contributed by atoms with van der Waals surface area (Å²) in [5.41, 5.74) is 0.331. The Kier molecular flexibility index (Phi) is 6.17. The van der Waals surface area contributed by atoms with Gasteiger partial charge in [-0.25, -0.2) is 9.48 Å². The molecule has 1 aromatic carbocycles. The van der Waals surface area contributed by atoms with E-state index < -0.39 is 5.97 Å². The van der Waals surface area contributed by atoms with E-state index in [-0.39, 0.29) is 0 Å². The van der Waals surface area contributed by atoms with E-state index >= 15 is 0 Å². The Morgan fingerprint density at radius 3 is 2.37 bits per heavy atom. The predicted octanol–water partition coefficient (Wildman–Crippen LogP) is 2.43. The molecule has 7 heteroatoms. The van der Waals surface area contributed by atoms with Crippen molar-refractivity contribution in [2.75, 3.05) is 0 Å². The normalized spacial score (nSPS) is 9.37. The summed E-state index contributed by atoms with van der Waals surface area (Å²) < 4.78 is 1.61. The molecule has 1 heterocycles. The molecule has 0 bridgehead atoms. The quantitative estimate of drug-likeness (QED) is 0.601. The molecule has 0 aliphatic carbocycles. The van der Waals surface area contributed by atoms with Crippen LogP contribution in [0.1, 0.15) is 10.4 Å². The molecule has 0 aliphatic heterocycles. The molecule has 0 fully saturated rings. The minimum atomic E-state index is -0.879. The van der Waals surface area contributed by atoms with Crippen molar-refractivity contribution in [2.24, 2.45) is 0 Å². The number of thiol groups is 2. The smallest absolute Gasteiger partial charge is 0.335 e. The van der Waals surface area contributed by atoms with Crippen LogP contribution in [0, 0.1) is 0 Å². The van der Waals surface area contributed by atoms with Gasteiger partial charge in [-0.3, -0.25) is 0 Å². The Labute approximate surface area is 121 Å². The van der Waals surface area contributed by atoms with Gasteiger partial charge in [0.25, 0.3) is 0 Å². The van der Waals surface area contributed by atoms with Gasteiger partial charge < -0.3 is 5.11 Å². The number of nitrogens with zero attached hydrogens (tertiary/aromatic N) is 3. The number of benzene rings is 1. The third-order valence-corrected chi connectivity index (χ3v) is 2.48. The zero-order valence-electron chi connectivity index (χ0n) is 9.97. The summed E-state index contributed by atoms with van der Waals surface area (Å²) in [4.78, 5) is 14.1. The van der Waals surface area contributed by atoms with Crippen molar-refractivity contribution >= 4 is 31.2 Å². The van der Waals surface area contributed by atoms with Crippen molar-refractivity contribution in [1.29, 1.82) is 0 Å². The van der Waals surface area contributed by atoms with Gasteiger partial charge in [-0.1, -0.05) is 24.3 Å². The first-order valence-corrected chi connectivity index (χ1v) is 6.16. The van der Waals surface area contributed by atoms with Crippen LogP contribution in [0.2, 0.25) is 0 Å². The van der Waals surface area contributed by atoms with Gasteiger partial charge in [0, 0.05) is 0 Å². The minimum Gasteiger partial charge on any atom is -0.478 e. The molecule has 0 saturated carbocycles. The van der Waals surface area contributed by atoms with Gasteiger partial charge in [0.2, 0.25) is 5.16 Å². The monoisotopic (exact) mass is 295 g/mol. The van der Waals surface area contributed by atoms with Crippen LogP contribution in [0.5, 0.6) is 0 Å². The Bertz CT molecular complexity index is 555. The summed E-state index contributed by atoms with van der Waals surface area (Å²) in [6.45, 7) is 4.18. The molecule has 2 rings (SSSR count). The molecule has 0 aliphatic rings. The van der Waals surface area contributed by atoms with Crippen molar-refractivity contribution in [2.45, 2.75) is 16.9 Å². The lowest BCUT2D eigenvalue weighted by atomic mass is 10.2. The molecule has 5 nitrogen and oxygen atoms in total. The standard InChI is InChI=1S/C7H6O2.C5H7N3S2/c8-7(9)6-4-2-1-3-5-6;1-2-3-8-5(10)6-4(9)7-8/h1-5H,(H,8,9);2H,1,3H2,(H2,6,7,9,10). The van der Waals surface area contributed by atoms with Crippen molar-refractivity contribution < 1.29 is 9.90 Å². The molecule has 1 aromatic heterocycles. The Hall–Kier alpha value is -1.73. The second-order valence-electron chi connectivity index (χ2n) is 3.35. The van der Waals surface area contributed by atoms with Crippen LogP contribution in [0.4, 0.5) is 0 Å². The second kappa shape index (κ2) is 7.65. The number of rotatable bonds is 3. The van der Waals surface area contributed by atoms with Crippen molar-refractivity contribution in [1.82, 2.24) is 14.8 Å². The van der Waals surface area contributed by atoms with E-state index in [9.17, 15) is 4.79 Å². The Balaban J connectivity index is 0.000000191. The first kappa shape index (κ1) is 15.3. The van der Waals surface area contributed by atoms with Gasteiger partial charge in [-0.05, 0) is 12.1 Å². The van der Waals surface area contributed by atoms with Crippen molar-refractivity contribution in [3.63, 3.8) is 0 Å². The largest absolute Gasteiger partial charge is 0.478 e. The maximum Gasteiger partial charge on any atom is 0.335 e. The van der Waals surface area contributed by atoms with Gasteiger partial charge in [-0.15, -0.1) is 36.9 Å². The zero-order valence-corrected chi connectivity index (χ0v) is 11.8. The highest BCUT2D eigenvalue weighted by Crippen LogP contribution is 2.05. The highest BCUT2D eigenvalue weighted by molar-refractivity contribution is 7.80. The lowest BCUT2D eigenvalue weighted by Gasteiger charge is -1.93. The molecule has 1 N–H and O–H groups in total. The first-order chi connectivity index (χ1) is 9.04. The molecule has 0 amide bonds. The van der Waals surface area contributed by atoms with E-state index in [1.807, 2.05) is 0 Å². The molecule has 0 spiro atoms. The van der Waals surface area contributed by atoms with Crippen LogP contribution < -0.4 is 0 Å². The SMILES string of the molecule is C=CCn1nc(S)nc1S.O=C(O)c1ccccc1. The summed E-state index contributed by atoms with van der Waals surface area (Å²) in [7, 11) is 0. The molecule has 0 radical (unpaired) electrons. The van der Waals surface area contributed by atoms with Gasteiger partial charge in [0.1, 0.15) is 0 Å². The lowest BCUT2D eigenvalue weighted by molar-refractivity contribution is 0.0697. The summed E-state index contributed by atoms with van der Waals surface area (Å²) in [5.74, 6) is -0.879. The van der Waals surface area contributed by atoms with Crippen LogP contribution >= 0.6 is 25.3 Å². The van der Waals surface area contributed by atoms with E-state index in [0.29, 0.717) is 22.4 Å². The summed E-state index contributed by atoms with van der Waals surface area (Å²) >= 11 is 7.99. The second-order valence-corrected chi connectivity index (χ2v) is 4.15. The van der Waals surface area contributed by atoms with E-state index in [0.717, 1.165) is 0 Å². The molecule has 0 atom stereocenters. The van der Waals surface area contributed by atoms with Crippen LogP contribution in [-0.2, 0) is 6.54 Å². The zero-order chi connectivity index (χ0) is 14.3. The fraction of sp³-hybridized carbons (Fsp3) is 0.0833. The number of aromatic carboxylic acids is 1. The number of carboxylic acids is 1. The molecule has 0 saturated heterocycles. The third kappa shape index (κ3) is 5.19. The molecule has 0 unspecified atom stereocenters. The number of allylic oxidation sites excluding steroid dienone is 1. The molecule has 2 aromatic rings. The van der Waals surface area contributed by atoms with Crippen LogP contribution in [-0.4, -0.2) is 25.8 Å².